The molecule has 0 aliphatic heterocycles. The molecule has 5 heteroatoms. The van der Waals surface area contributed by atoms with Crippen LogP contribution < -0.4 is 4.74 Å². The molecule has 24 heavy (non-hydrogen) atoms. The highest BCUT2D eigenvalue weighted by Gasteiger charge is 2.31. The topological polar surface area (TPSA) is 55.8 Å². The largest absolute Gasteiger partial charge is 0.488 e. The van der Waals surface area contributed by atoms with Gasteiger partial charge in [-0.25, -0.2) is 4.79 Å². The number of halogens is 1. The number of rotatable bonds is 4. The average molecular weight is 391 g/mol. The van der Waals surface area contributed by atoms with Crippen molar-refractivity contribution in [2.75, 3.05) is 7.11 Å². The van der Waals surface area contributed by atoms with Crippen molar-refractivity contribution >= 4 is 21.9 Å². The Bertz CT molecular complexity index is 730. The fraction of sp³-hybridized carbons (Fsp3) is 0.316. The summed E-state index contributed by atoms with van der Waals surface area (Å²) in [6.45, 7) is 0.368. The van der Waals surface area contributed by atoms with Crippen molar-refractivity contribution in [1.29, 1.82) is 0 Å². The SMILES string of the molecule is COC(=O)c1c(OCc2ccccc2)ccc2c1CC[C@H](Br)[C@H]2O. The first kappa shape index (κ1) is 17.0. The minimum absolute atomic E-state index is 0.00779. The van der Waals surface area contributed by atoms with E-state index in [9.17, 15) is 9.90 Å². The third-order valence-corrected chi connectivity index (χ3v) is 5.23. The number of aliphatic hydroxyl groups excluding tert-OH is 1. The smallest absolute Gasteiger partial charge is 0.341 e. The summed E-state index contributed by atoms with van der Waals surface area (Å²) in [5.41, 5.74) is 3.02. The number of carbonyl (C=O) groups excluding carboxylic acids is 1. The monoisotopic (exact) mass is 390 g/mol. The predicted octanol–water partition coefficient (Wildman–Crippen LogP) is 3.80. The normalized spacial score (nSPS) is 19.5. The Morgan fingerprint density at radius 1 is 1.25 bits per heavy atom. The molecule has 1 aliphatic carbocycles. The number of hydrogen-bond donors (Lipinski definition) is 1. The lowest BCUT2D eigenvalue weighted by molar-refractivity contribution is 0.0593. The van der Waals surface area contributed by atoms with Crippen LogP contribution in [0.1, 0.15) is 39.6 Å². The lowest BCUT2D eigenvalue weighted by Crippen LogP contribution is -2.23. The van der Waals surface area contributed by atoms with Crippen molar-refractivity contribution in [2.24, 2.45) is 0 Å². The molecule has 0 unspecified atom stereocenters. The molecule has 0 bridgehead atoms. The first-order valence-corrected chi connectivity index (χ1v) is 8.76. The van der Waals surface area contributed by atoms with E-state index in [1.165, 1.54) is 7.11 Å². The maximum atomic E-state index is 12.3. The predicted molar refractivity (Wildman–Crippen MR) is 94.6 cm³/mol. The van der Waals surface area contributed by atoms with Crippen LogP contribution >= 0.6 is 15.9 Å². The molecule has 0 saturated carbocycles. The Kier molecular flexibility index (Phi) is 5.21. The van der Waals surface area contributed by atoms with E-state index in [-0.39, 0.29) is 4.83 Å². The fourth-order valence-corrected chi connectivity index (χ4v) is 3.52. The van der Waals surface area contributed by atoms with E-state index in [2.05, 4.69) is 15.9 Å². The van der Waals surface area contributed by atoms with Gasteiger partial charge >= 0.3 is 5.97 Å². The van der Waals surface area contributed by atoms with Crippen LogP contribution in [0, 0.1) is 0 Å². The molecule has 2 aromatic carbocycles. The maximum Gasteiger partial charge on any atom is 0.341 e. The van der Waals surface area contributed by atoms with Crippen molar-refractivity contribution in [3.63, 3.8) is 0 Å². The van der Waals surface area contributed by atoms with Gasteiger partial charge in [-0.1, -0.05) is 52.3 Å². The molecule has 2 aromatic rings. The van der Waals surface area contributed by atoms with Crippen LogP contribution in [0.5, 0.6) is 5.75 Å². The van der Waals surface area contributed by atoms with E-state index in [1.807, 2.05) is 36.4 Å². The molecular formula is C19H19BrO4. The summed E-state index contributed by atoms with van der Waals surface area (Å²) >= 11 is 3.48. The molecule has 0 radical (unpaired) electrons. The molecule has 0 saturated heterocycles. The van der Waals surface area contributed by atoms with Crippen molar-refractivity contribution in [2.45, 2.75) is 30.4 Å². The molecule has 3 rings (SSSR count). The molecule has 0 fully saturated rings. The molecule has 0 amide bonds. The van der Waals surface area contributed by atoms with Gasteiger partial charge in [-0.2, -0.15) is 0 Å². The van der Waals surface area contributed by atoms with Crippen molar-refractivity contribution < 1.29 is 19.4 Å². The lowest BCUT2D eigenvalue weighted by atomic mass is 9.86. The van der Waals surface area contributed by atoms with Gasteiger partial charge in [0.15, 0.2) is 0 Å². The third kappa shape index (κ3) is 3.32. The zero-order chi connectivity index (χ0) is 17.1. The average Bonchev–Trinajstić information content (AvgIpc) is 2.62. The molecule has 1 aliphatic rings. The van der Waals surface area contributed by atoms with E-state index < -0.39 is 12.1 Å². The van der Waals surface area contributed by atoms with Crippen molar-refractivity contribution in [3.05, 3.63) is 64.7 Å². The van der Waals surface area contributed by atoms with Gasteiger partial charge in [0.2, 0.25) is 0 Å². The summed E-state index contributed by atoms with van der Waals surface area (Å²) in [6, 6.07) is 13.3. The number of carbonyl (C=O) groups is 1. The molecule has 0 aromatic heterocycles. The Balaban J connectivity index is 1.96. The lowest BCUT2D eigenvalue weighted by Gasteiger charge is -2.28. The Morgan fingerprint density at radius 3 is 2.71 bits per heavy atom. The maximum absolute atomic E-state index is 12.3. The second-order valence-electron chi connectivity index (χ2n) is 5.77. The highest BCUT2D eigenvalue weighted by atomic mass is 79.9. The van der Waals surface area contributed by atoms with Crippen LogP contribution in [0.2, 0.25) is 0 Å². The second-order valence-corrected chi connectivity index (χ2v) is 6.95. The molecule has 126 valence electrons. The number of benzene rings is 2. The van der Waals surface area contributed by atoms with Gasteiger partial charge in [-0.3, -0.25) is 0 Å². The first-order valence-electron chi connectivity index (χ1n) is 7.84. The van der Waals surface area contributed by atoms with E-state index in [0.29, 0.717) is 24.3 Å². The minimum atomic E-state index is -0.639. The number of aliphatic hydroxyl groups is 1. The summed E-state index contributed by atoms with van der Waals surface area (Å²) in [5.74, 6) is 0.0554. The van der Waals surface area contributed by atoms with Gasteiger partial charge < -0.3 is 14.6 Å². The minimum Gasteiger partial charge on any atom is -0.488 e. The van der Waals surface area contributed by atoms with E-state index in [0.717, 1.165) is 23.1 Å². The molecule has 0 spiro atoms. The number of alkyl halides is 1. The van der Waals surface area contributed by atoms with Gasteiger partial charge in [0.25, 0.3) is 0 Å². The Morgan fingerprint density at radius 2 is 2.00 bits per heavy atom. The van der Waals surface area contributed by atoms with Crippen LogP contribution in [0.3, 0.4) is 0 Å². The van der Waals surface area contributed by atoms with Gasteiger partial charge in [0.05, 0.1) is 13.2 Å². The van der Waals surface area contributed by atoms with Gasteiger partial charge in [0, 0.05) is 4.83 Å². The van der Waals surface area contributed by atoms with Crippen LogP contribution in [0.15, 0.2) is 42.5 Å². The number of ether oxygens (including phenoxy) is 2. The number of hydrogen-bond acceptors (Lipinski definition) is 4. The summed E-state index contributed by atoms with van der Waals surface area (Å²) in [7, 11) is 1.36. The van der Waals surface area contributed by atoms with Crippen LogP contribution in [0.25, 0.3) is 0 Å². The van der Waals surface area contributed by atoms with Gasteiger partial charge in [-0.05, 0) is 35.6 Å². The second kappa shape index (κ2) is 7.36. The zero-order valence-electron chi connectivity index (χ0n) is 13.4. The highest BCUT2D eigenvalue weighted by molar-refractivity contribution is 9.09. The molecule has 4 nitrogen and oxygen atoms in total. The summed E-state index contributed by atoms with van der Waals surface area (Å²) in [6.07, 6.45) is 0.801. The molecule has 2 atom stereocenters. The van der Waals surface area contributed by atoms with Crippen molar-refractivity contribution in [1.82, 2.24) is 0 Å². The summed E-state index contributed by atoms with van der Waals surface area (Å²) in [4.78, 5) is 12.3. The van der Waals surface area contributed by atoms with E-state index >= 15 is 0 Å². The van der Waals surface area contributed by atoms with Crippen molar-refractivity contribution in [3.8, 4) is 5.75 Å². The number of fused-ring (bicyclic) bond motifs is 1. The van der Waals surface area contributed by atoms with E-state index in [4.69, 9.17) is 9.47 Å². The number of methoxy groups -OCH3 is 1. The third-order valence-electron chi connectivity index (χ3n) is 4.27. The standard InChI is InChI=1S/C19H19BrO4/c1-23-19(22)17-13-7-9-15(20)18(21)14(13)8-10-16(17)24-11-12-5-3-2-4-6-12/h2-6,8,10,15,18,21H,7,9,11H2,1H3/t15-,18-/m0/s1. The molecule has 0 heterocycles. The highest BCUT2D eigenvalue weighted by Crippen LogP contribution is 2.39. The fourth-order valence-electron chi connectivity index (χ4n) is 3.01. The van der Waals surface area contributed by atoms with Gasteiger partial charge in [0.1, 0.15) is 17.9 Å². The summed E-state index contributed by atoms with van der Waals surface area (Å²) in [5, 5.41) is 10.4. The van der Waals surface area contributed by atoms with E-state index in [1.54, 1.807) is 6.07 Å². The molecular weight excluding hydrogens is 372 g/mol. The Labute approximate surface area is 149 Å². The summed E-state index contributed by atoms with van der Waals surface area (Å²) < 4.78 is 10.8. The van der Waals surface area contributed by atoms with Crippen LogP contribution in [0.4, 0.5) is 0 Å². The Hall–Kier alpha value is -1.85. The number of esters is 1. The molecule has 1 N–H and O–H groups in total. The zero-order valence-corrected chi connectivity index (χ0v) is 15.0. The van der Waals surface area contributed by atoms with Crippen LogP contribution in [-0.2, 0) is 17.8 Å². The first-order chi connectivity index (χ1) is 11.6. The van der Waals surface area contributed by atoms with Crippen LogP contribution in [-0.4, -0.2) is 23.0 Å². The quantitative estimate of drug-likeness (QED) is 0.637. The van der Waals surface area contributed by atoms with Gasteiger partial charge in [-0.15, -0.1) is 0 Å².